The Morgan fingerprint density at radius 3 is 2.71 bits per heavy atom. The third-order valence-electron chi connectivity index (χ3n) is 2.48. The van der Waals surface area contributed by atoms with Gasteiger partial charge in [-0.05, 0) is 24.6 Å². The van der Waals surface area contributed by atoms with Crippen molar-refractivity contribution in [3.63, 3.8) is 0 Å². The summed E-state index contributed by atoms with van der Waals surface area (Å²) in [5.41, 5.74) is 1.87. The summed E-state index contributed by atoms with van der Waals surface area (Å²) in [4.78, 5) is 0. The van der Waals surface area contributed by atoms with E-state index in [2.05, 4.69) is 0 Å². The first kappa shape index (κ1) is 9.56. The van der Waals surface area contributed by atoms with Crippen molar-refractivity contribution in [2.75, 3.05) is 0 Å². The average Bonchev–Trinajstić information content (AvgIpc) is 2.49. The van der Waals surface area contributed by atoms with E-state index < -0.39 is 6.10 Å². The van der Waals surface area contributed by atoms with E-state index in [9.17, 15) is 5.11 Å². The second kappa shape index (κ2) is 3.30. The highest BCUT2D eigenvalue weighted by molar-refractivity contribution is 6.36. The van der Waals surface area contributed by atoms with Gasteiger partial charge in [-0.2, -0.15) is 0 Å². The van der Waals surface area contributed by atoms with Gasteiger partial charge in [0, 0.05) is 24.1 Å². The number of aromatic nitrogens is 1. The number of aliphatic hydroxyl groups excluding tert-OH is 1. The fourth-order valence-corrected chi connectivity index (χ4v) is 2.04. The molecule has 0 spiro atoms. The summed E-state index contributed by atoms with van der Waals surface area (Å²) >= 11 is 6.18. The lowest BCUT2D eigenvalue weighted by molar-refractivity contribution is 0.199. The van der Waals surface area contributed by atoms with Crippen LogP contribution in [0.1, 0.15) is 18.6 Å². The van der Waals surface area contributed by atoms with E-state index in [0.29, 0.717) is 5.02 Å². The van der Waals surface area contributed by atoms with E-state index in [4.69, 9.17) is 11.6 Å². The van der Waals surface area contributed by atoms with Crippen LogP contribution >= 0.6 is 11.6 Å². The molecule has 0 amide bonds. The number of halogens is 1. The predicted molar refractivity (Wildman–Crippen MR) is 58.6 cm³/mol. The molecule has 74 valence electrons. The molecular weight excluding hydrogens is 198 g/mol. The van der Waals surface area contributed by atoms with Crippen molar-refractivity contribution >= 4 is 22.5 Å². The largest absolute Gasteiger partial charge is 0.389 e. The molecule has 1 aromatic heterocycles. The Morgan fingerprint density at radius 2 is 2.07 bits per heavy atom. The molecule has 0 aliphatic carbocycles. The van der Waals surface area contributed by atoms with E-state index in [1.165, 1.54) is 0 Å². The fraction of sp³-hybridized carbons (Fsp3) is 0.273. The van der Waals surface area contributed by atoms with Gasteiger partial charge in [0.2, 0.25) is 0 Å². The highest BCUT2D eigenvalue weighted by Gasteiger charge is 2.10. The number of benzene rings is 1. The van der Waals surface area contributed by atoms with Crippen LogP contribution in [0.5, 0.6) is 0 Å². The van der Waals surface area contributed by atoms with Gasteiger partial charge in [-0.3, -0.25) is 0 Å². The lowest BCUT2D eigenvalue weighted by atomic mass is 10.1. The smallest absolute Gasteiger partial charge is 0.0776 e. The van der Waals surface area contributed by atoms with Crippen LogP contribution in [0.3, 0.4) is 0 Å². The summed E-state index contributed by atoms with van der Waals surface area (Å²) in [6, 6.07) is 5.81. The number of nitrogens with zero attached hydrogens (tertiary/aromatic N) is 1. The zero-order valence-corrected chi connectivity index (χ0v) is 8.92. The van der Waals surface area contributed by atoms with Gasteiger partial charge in [-0.15, -0.1) is 0 Å². The third-order valence-corrected chi connectivity index (χ3v) is 2.90. The van der Waals surface area contributed by atoms with Gasteiger partial charge in [0.25, 0.3) is 0 Å². The van der Waals surface area contributed by atoms with Gasteiger partial charge in [-0.1, -0.05) is 17.7 Å². The van der Waals surface area contributed by atoms with E-state index in [1.54, 1.807) is 6.92 Å². The van der Waals surface area contributed by atoms with E-state index in [0.717, 1.165) is 16.5 Å². The molecule has 1 aromatic carbocycles. The number of aryl methyl sites for hydroxylation is 1. The first-order chi connectivity index (χ1) is 6.61. The molecule has 1 heterocycles. The molecule has 0 bridgehead atoms. The molecule has 2 nitrogen and oxygen atoms in total. The molecule has 2 aromatic rings. The molecule has 0 saturated carbocycles. The second-order valence-electron chi connectivity index (χ2n) is 3.50. The lowest BCUT2D eigenvalue weighted by Gasteiger charge is -2.08. The van der Waals surface area contributed by atoms with Crippen molar-refractivity contribution in [3.05, 3.63) is 35.0 Å². The van der Waals surface area contributed by atoms with E-state index >= 15 is 0 Å². The zero-order valence-electron chi connectivity index (χ0n) is 8.16. The maximum atomic E-state index is 9.48. The first-order valence-electron chi connectivity index (χ1n) is 4.52. The molecule has 1 atom stereocenters. The van der Waals surface area contributed by atoms with Gasteiger partial charge in [-0.25, -0.2) is 0 Å². The van der Waals surface area contributed by atoms with Crippen molar-refractivity contribution < 1.29 is 5.11 Å². The molecule has 0 fully saturated rings. The highest BCUT2D eigenvalue weighted by atomic mass is 35.5. The van der Waals surface area contributed by atoms with Crippen LogP contribution < -0.4 is 0 Å². The summed E-state index contributed by atoms with van der Waals surface area (Å²) in [6.45, 7) is 1.72. The Kier molecular flexibility index (Phi) is 2.25. The van der Waals surface area contributed by atoms with Gasteiger partial charge < -0.3 is 9.67 Å². The number of fused-ring (bicyclic) bond motifs is 1. The Bertz CT molecular complexity index is 473. The van der Waals surface area contributed by atoms with E-state index in [-0.39, 0.29) is 0 Å². The minimum Gasteiger partial charge on any atom is -0.389 e. The van der Waals surface area contributed by atoms with E-state index in [1.807, 2.05) is 36.0 Å². The molecule has 0 saturated heterocycles. The Labute approximate surface area is 87.7 Å². The summed E-state index contributed by atoms with van der Waals surface area (Å²) < 4.78 is 2.01. The Hall–Kier alpha value is -0.990. The first-order valence-corrected chi connectivity index (χ1v) is 4.90. The summed E-state index contributed by atoms with van der Waals surface area (Å²) in [7, 11) is 1.97. The molecule has 2 rings (SSSR count). The minimum absolute atomic E-state index is 0.521. The maximum Gasteiger partial charge on any atom is 0.0776 e. The molecule has 0 aliphatic heterocycles. The monoisotopic (exact) mass is 209 g/mol. The number of aliphatic hydroxyl groups is 1. The van der Waals surface area contributed by atoms with Crippen LogP contribution in [0.2, 0.25) is 5.02 Å². The second-order valence-corrected chi connectivity index (χ2v) is 3.88. The SMILES string of the molecule is CC(O)c1ccc2c(ccn2C)c1Cl. The van der Waals surface area contributed by atoms with Crippen LogP contribution in [0.4, 0.5) is 0 Å². The van der Waals surface area contributed by atoms with Crippen molar-refractivity contribution in [1.29, 1.82) is 0 Å². The quantitative estimate of drug-likeness (QED) is 0.768. The van der Waals surface area contributed by atoms with Gasteiger partial charge >= 0.3 is 0 Å². The van der Waals surface area contributed by atoms with Gasteiger partial charge in [0.15, 0.2) is 0 Å². The molecule has 0 aliphatic rings. The Morgan fingerprint density at radius 1 is 1.36 bits per heavy atom. The summed E-state index contributed by atoms with van der Waals surface area (Å²) in [5, 5.41) is 11.1. The molecule has 3 heteroatoms. The minimum atomic E-state index is -0.521. The predicted octanol–water partition coefficient (Wildman–Crippen LogP) is 2.89. The maximum absolute atomic E-state index is 9.48. The summed E-state index contributed by atoms with van der Waals surface area (Å²) in [6.07, 6.45) is 1.44. The standard InChI is InChI=1S/C11H12ClNO/c1-7(14)8-3-4-10-9(11(8)12)5-6-13(10)2/h3-7,14H,1-2H3. The van der Waals surface area contributed by atoms with Crippen molar-refractivity contribution in [2.24, 2.45) is 7.05 Å². The molecule has 1 unspecified atom stereocenters. The third kappa shape index (κ3) is 1.31. The Balaban J connectivity index is 2.76. The molecule has 14 heavy (non-hydrogen) atoms. The number of rotatable bonds is 1. The average molecular weight is 210 g/mol. The van der Waals surface area contributed by atoms with Gasteiger partial charge in [0.05, 0.1) is 11.1 Å². The number of hydrogen-bond acceptors (Lipinski definition) is 1. The van der Waals surface area contributed by atoms with Crippen LogP contribution in [0.25, 0.3) is 10.9 Å². The zero-order chi connectivity index (χ0) is 10.3. The lowest BCUT2D eigenvalue weighted by Crippen LogP contribution is -1.93. The topological polar surface area (TPSA) is 25.2 Å². The van der Waals surface area contributed by atoms with Crippen LogP contribution in [0, 0.1) is 0 Å². The van der Waals surface area contributed by atoms with Crippen LogP contribution in [0.15, 0.2) is 24.4 Å². The van der Waals surface area contributed by atoms with Crippen LogP contribution in [-0.4, -0.2) is 9.67 Å². The van der Waals surface area contributed by atoms with Gasteiger partial charge in [0.1, 0.15) is 0 Å². The number of hydrogen-bond donors (Lipinski definition) is 1. The summed E-state index contributed by atoms with van der Waals surface area (Å²) in [5.74, 6) is 0. The molecular formula is C11H12ClNO. The molecule has 1 N–H and O–H groups in total. The van der Waals surface area contributed by atoms with Crippen molar-refractivity contribution in [2.45, 2.75) is 13.0 Å². The molecule has 0 radical (unpaired) electrons. The van der Waals surface area contributed by atoms with Crippen molar-refractivity contribution in [1.82, 2.24) is 4.57 Å². The highest BCUT2D eigenvalue weighted by Crippen LogP contribution is 2.31. The normalized spacial score (nSPS) is 13.4. The fourth-order valence-electron chi connectivity index (χ4n) is 1.66. The van der Waals surface area contributed by atoms with Crippen molar-refractivity contribution in [3.8, 4) is 0 Å². The van der Waals surface area contributed by atoms with Crippen LogP contribution in [-0.2, 0) is 7.05 Å².